The molecule has 0 saturated carbocycles. The number of benzene rings is 2. The highest BCUT2D eigenvalue weighted by Gasteiger charge is 2.30. The number of nitrogens with zero attached hydrogens (tertiary/aromatic N) is 2. The third kappa shape index (κ3) is 4.00. The van der Waals surface area contributed by atoms with Crippen LogP contribution in [0.4, 0.5) is 18.9 Å². The van der Waals surface area contributed by atoms with E-state index in [0.717, 1.165) is 36.4 Å². The molecule has 0 N–H and O–H groups in total. The summed E-state index contributed by atoms with van der Waals surface area (Å²) < 4.78 is 40.6. The monoisotopic (exact) mass is 436 g/mol. The molecule has 0 spiro atoms. The van der Waals surface area contributed by atoms with Crippen LogP contribution < -0.4 is 4.90 Å². The summed E-state index contributed by atoms with van der Waals surface area (Å²) in [6.07, 6.45) is -2.60. The minimum atomic E-state index is -4.39. The second-order valence-electron chi connectivity index (χ2n) is 7.52. The summed E-state index contributed by atoms with van der Waals surface area (Å²) in [5.74, 6) is -0.143. The van der Waals surface area contributed by atoms with Crippen molar-refractivity contribution in [3.8, 4) is 11.1 Å². The van der Waals surface area contributed by atoms with Gasteiger partial charge in [0.1, 0.15) is 0 Å². The van der Waals surface area contributed by atoms with E-state index in [-0.39, 0.29) is 5.78 Å². The summed E-state index contributed by atoms with van der Waals surface area (Å²) in [6.45, 7) is 5.92. The zero-order chi connectivity index (χ0) is 22.9. The Morgan fingerprint density at radius 2 is 1.56 bits per heavy atom. The fourth-order valence-corrected chi connectivity index (χ4v) is 3.96. The number of pyridine rings is 1. The second kappa shape index (κ2) is 8.54. The summed E-state index contributed by atoms with van der Waals surface area (Å²) in [7, 11) is 0. The number of carbonyl (C=O) groups excluding carboxylic acids is 1. The van der Waals surface area contributed by atoms with Crippen LogP contribution in [0, 0.1) is 0 Å². The van der Waals surface area contributed by atoms with Gasteiger partial charge in [-0.05, 0) is 74.0 Å². The zero-order valence-corrected chi connectivity index (χ0v) is 17.9. The van der Waals surface area contributed by atoms with Crippen molar-refractivity contribution < 1.29 is 18.0 Å². The molecule has 0 aliphatic heterocycles. The molecule has 0 bridgehead atoms. The van der Waals surface area contributed by atoms with Gasteiger partial charge in [-0.2, -0.15) is 13.2 Å². The van der Waals surface area contributed by atoms with Crippen LogP contribution in [0.2, 0.25) is 0 Å². The number of halogens is 3. The molecule has 2 aromatic carbocycles. The lowest BCUT2D eigenvalue weighted by Gasteiger charge is -2.21. The molecular formula is C26H23F3N2O. The number of fused-ring (bicyclic) bond motifs is 1. The van der Waals surface area contributed by atoms with Crippen molar-refractivity contribution >= 4 is 17.0 Å². The molecule has 0 saturated heterocycles. The number of ketones is 1. The van der Waals surface area contributed by atoms with Crippen LogP contribution in [0.5, 0.6) is 0 Å². The Hall–Kier alpha value is -3.54. The normalized spacial score (nSPS) is 11.7. The molecule has 0 radical (unpaired) electrons. The van der Waals surface area contributed by atoms with Crippen molar-refractivity contribution in [2.75, 3.05) is 18.0 Å². The standard InChI is InChI=1S/C26H23F3N2O/c1-3-30(4-2)21-14-10-19(11-15-21)25(32)24-17-22(23-7-5-6-16-31(23)24)18-8-12-20(13-9-18)26(27,28)29/h5-17H,3-4H2,1-2H3. The Labute approximate surface area is 184 Å². The second-order valence-corrected chi connectivity index (χ2v) is 7.52. The largest absolute Gasteiger partial charge is 0.416 e. The molecule has 2 aromatic heterocycles. The van der Waals surface area contributed by atoms with Crippen molar-refractivity contribution in [1.29, 1.82) is 0 Å². The van der Waals surface area contributed by atoms with Gasteiger partial charge in [-0.25, -0.2) is 0 Å². The van der Waals surface area contributed by atoms with Crippen LogP contribution in [0.1, 0.15) is 35.5 Å². The highest BCUT2D eigenvalue weighted by molar-refractivity contribution is 6.10. The van der Waals surface area contributed by atoms with Gasteiger partial charge in [0.15, 0.2) is 0 Å². The Morgan fingerprint density at radius 1 is 0.906 bits per heavy atom. The summed E-state index contributed by atoms with van der Waals surface area (Å²) in [5.41, 5.74) is 3.47. The molecule has 0 amide bonds. The lowest BCUT2D eigenvalue weighted by atomic mass is 10.0. The van der Waals surface area contributed by atoms with E-state index in [4.69, 9.17) is 0 Å². The molecule has 0 unspecified atom stereocenters. The number of carbonyl (C=O) groups is 1. The molecule has 2 heterocycles. The van der Waals surface area contributed by atoms with Crippen LogP contribution in [0.3, 0.4) is 0 Å². The van der Waals surface area contributed by atoms with Crippen molar-refractivity contribution in [2.45, 2.75) is 20.0 Å². The van der Waals surface area contributed by atoms with Crippen LogP contribution in [-0.2, 0) is 6.18 Å². The van der Waals surface area contributed by atoms with Gasteiger partial charge in [0.2, 0.25) is 5.78 Å². The van der Waals surface area contributed by atoms with Crippen molar-refractivity contribution in [2.24, 2.45) is 0 Å². The van der Waals surface area contributed by atoms with Crippen LogP contribution in [0.15, 0.2) is 79.0 Å². The number of alkyl halides is 3. The molecule has 0 atom stereocenters. The average molecular weight is 436 g/mol. The van der Waals surface area contributed by atoms with E-state index in [2.05, 4.69) is 18.7 Å². The van der Waals surface area contributed by atoms with E-state index in [1.165, 1.54) is 12.1 Å². The first-order valence-corrected chi connectivity index (χ1v) is 10.5. The van der Waals surface area contributed by atoms with Crippen molar-refractivity contribution in [1.82, 2.24) is 4.40 Å². The Kier molecular flexibility index (Phi) is 5.78. The van der Waals surface area contributed by atoms with Gasteiger partial charge in [0.25, 0.3) is 0 Å². The lowest BCUT2D eigenvalue weighted by Crippen LogP contribution is -2.21. The summed E-state index contributed by atoms with van der Waals surface area (Å²) in [5, 5.41) is 0. The van der Waals surface area contributed by atoms with E-state index in [0.29, 0.717) is 22.4 Å². The third-order valence-electron chi connectivity index (χ3n) is 5.69. The van der Waals surface area contributed by atoms with Crippen LogP contribution >= 0.6 is 0 Å². The summed E-state index contributed by atoms with van der Waals surface area (Å²) >= 11 is 0. The lowest BCUT2D eigenvalue weighted by molar-refractivity contribution is -0.137. The molecule has 0 aliphatic carbocycles. The molecule has 164 valence electrons. The molecule has 0 fully saturated rings. The SMILES string of the molecule is CCN(CC)c1ccc(C(=O)c2cc(-c3ccc(C(F)(F)F)cc3)c3ccccn23)cc1. The quantitative estimate of drug-likeness (QED) is 0.314. The van der Waals surface area contributed by atoms with E-state index in [9.17, 15) is 18.0 Å². The average Bonchev–Trinajstić information content (AvgIpc) is 3.19. The predicted molar refractivity (Wildman–Crippen MR) is 121 cm³/mol. The highest BCUT2D eigenvalue weighted by atomic mass is 19.4. The maximum atomic E-state index is 13.3. The first kappa shape index (κ1) is 21.7. The smallest absolute Gasteiger partial charge is 0.372 e. The van der Waals surface area contributed by atoms with Gasteiger partial charge in [0, 0.05) is 36.1 Å². The van der Waals surface area contributed by atoms with Crippen molar-refractivity contribution in [3.05, 3.63) is 95.8 Å². The molecule has 0 aliphatic rings. The zero-order valence-electron chi connectivity index (χ0n) is 17.9. The van der Waals surface area contributed by atoms with E-state index in [1.54, 1.807) is 16.7 Å². The molecular weight excluding hydrogens is 413 g/mol. The Balaban J connectivity index is 1.74. The first-order chi connectivity index (χ1) is 15.3. The van der Waals surface area contributed by atoms with Gasteiger partial charge in [-0.3, -0.25) is 4.79 Å². The van der Waals surface area contributed by atoms with Gasteiger partial charge >= 0.3 is 6.18 Å². The van der Waals surface area contributed by atoms with E-state index >= 15 is 0 Å². The van der Waals surface area contributed by atoms with Crippen LogP contribution in [0.25, 0.3) is 16.6 Å². The van der Waals surface area contributed by atoms with Gasteiger partial charge in [0.05, 0.1) is 16.8 Å². The van der Waals surface area contributed by atoms with Gasteiger partial charge in [-0.1, -0.05) is 18.2 Å². The molecule has 3 nitrogen and oxygen atoms in total. The third-order valence-corrected chi connectivity index (χ3v) is 5.69. The van der Waals surface area contributed by atoms with Gasteiger partial charge < -0.3 is 9.30 Å². The number of hydrogen-bond acceptors (Lipinski definition) is 2. The van der Waals surface area contributed by atoms with Crippen LogP contribution in [-0.4, -0.2) is 23.3 Å². The number of hydrogen-bond donors (Lipinski definition) is 0. The molecule has 4 aromatic rings. The Morgan fingerprint density at radius 3 is 2.16 bits per heavy atom. The fourth-order valence-electron chi connectivity index (χ4n) is 3.96. The Bertz CT molecular complexity index is 1240. The number of rotatable bonds is 6. The highest BCUT2D eigenvalue weighted by Crippen LogP contribution is 2.33. The maximum Gasteiger partial charge on any atom is 0.416 e. The minimum absolute atomic E-state index is 0.143. The number of aromatic nitrogens is 1. The maximum absolute atomic E-state index is 13.3. The number of anilines is 1. The summed E-state index contributed by atoms with van der Waals surface area (Å²) in [6, 6.07) is 19.8. The van der Waals surface area contributed by atoms with Gasteiger partial charge in [-0.15, -0.1) is 0 Å². The topological polar surface area (TPSA) is 24.7 Å². The minimum Gasteiger partial charge on any atom is -0.372 e. The molecule has 6 heteroatoms. The molecule has 4 rings (SSSR count). The van der Waals surface area contributed by atoms with E-state index in [1.807, 2.05) is 42.5 Å². The van der Waals surface area contributed by atoms with E-state index < -0.39 is 11.7 Å². The summed E-state index contributed by atoms with van der Waals surface area (Å²) in [4.78, 5) is 15.5. The van der Waals surface area contributed by atoms with Crippen molar-refractivity contribution in [3.63, 3.8) is 0 Å². The fraction of sp³-hybridized carbons (Fsp3) is 0.192. The molecule has 32 heavy (non-hydrogen) atoms. The predicted octanol–water partition coefficient (Wildman–Crippen LogP) is 6.70. The first-order valence-electron chi connectivity index (χ1n) is 10.5.